The molecule has 0 heterocycles. The van der Waals surface area contributed by atoms with Crippen LogP contribution in [0.2, 0.25) is 0 Å². The van der Waals surface area contributed by atoms with Gasteiger partial charge in [-0.2, -0.15) is 0 Å². The van der Waals surface area contributed by atoms with Gasteiger partial charge in [-0.3, -0.25) is 14.9 Å². The predicted molar refractivity (Wildman–Crippen MR) is 102 cm³/mol. The van der Waals surface area contributed by atoms with Crippen LogP contribution in [0.1, 0.15) is 18.4 Å². The number of hydrogen-bond donors (Lipinski definition) is 1. The lowest BCUT2D eigenvalue weighted by Gasteiger charge is -2.11. The van der Waals surface area contributed by atoms with E-state index in [4.69, 9.17) is 9.47 Å². The fourth-order valence-corrected chi connectivity index (χ4v) is 2.87. The van der Waals surface area contributed by atoms with E-state index in [0.29, 0.717) is 18.8 Å². The van der Waals surface area contributed by atoms with Crippen molar-refractivity contribution in [2.24, 2.45) is 0 Å². The number of halogens is 1. The Bertz CT molecular complexity index is 810. The van der Waals surface area contributed by atoms with Crippen LogP contribution in [0, 0.1) is 17.0 Å². The summed E-state index contributed by atoms with van der Waals surface area (Å²) in [5, 5.41) is 13.5. The number of nitro benzene ring substituents is 1. The molecule has 138 valence electrons. The highest BCUT2D eigenvalue weighted by Crippen LogP contribution is 2.29. The molecule has 0 aliphatic rings. The number of rotatable bonds is 8. The second-order valence-corrected chi connectivity index (χ2v) is 6.43. The summed E-state index contributed by atoms with van der Waals surface area (Å²) in [6.45, 7) is 2.36. The van der Waals surface area contributed by atoms with E-state index in [2.05, 4.69) is 21.2 Å². The van der Waals surface area contributed by atoms with Gasteiger partial charge in [-0.25, -0.2) is 0 Å². The van der Waals surface area contributed by atoms with Crippen LogP contribution in [0.5, 0.6) is 11.5 Å². The van der Waals surface area contributed by atoms with E-state index < -0.39 is 4.92 Å². The van der Waals surface area contributed by atoms with Gasteiger partial charge in [0.25, 0.3) is 5.69 Å². The molecule has 0 radical (unpaired) electrons. The molecular weight excluding hydrogens is 404 g/mol. The number of nitrogens with zero attached hydrogens (tertiary/aromatic N) is 1. The van der Waals surface area contributed by atoms with Crippen LogP contribution >= 0.6 is 15.9 Å². The van der Waals surface area contributed by atoms with Crippen LogP contribution in [-0.2, 0) is 4.79 Å². The molecular formula is C18H19BrN2O5. The SMILES string of the molecule is COc1ccc([N+](=O)[O-])cc1NC(=O)CCCOc1ccc(C)cc1Br. The first-order chi connectivity index (χ1) is 12.4. The van der Waals surface area contributed by atoms with E-state index >= 15 is 0 Å². The van der Waals surface area contributed by atoms with Gasteiger partial charge < -0.3 is 14.8 Å². The summed E-state index contributed by atoms with van der Waals surface area (Å²) in [6.07, 6.45) is 0.721. The number of aryl methyl sites for hydroxylation is 1. The number of non-ortho nitro benzene ring substituents is 1. The number of methoxy groups -OCH3 is 1. The second kappa shape index (κ2) is 9.19. The van der Waals surface area contributed by atoms with Crippen molar-refractivity contribution >= 4 is 33.2 Å². The van der Waals surface area contributed by atoms with Crippen molar-refractivity contribution < 1.29 is 19.2 Å². The maximum absolute atomic E-state index is 12.1. The topological polar surface area (TPSA) is 90.7 Å². The smallest absolute Gasteiger partial charge is 0.271 e. The average Bonchev–Trinajstić information content (AvgIpc) is 2.60. The molecule has 0 aliphatic heterocycles. The molecule has 0 bridgehead atoms. The molecule has 2 rings (SSSR count). The van der Waals surface area contributed by atoms with Crippen molar-refractivity contribution in [2.45, 2.75) is 19.8 Å². The highest BCUT2D eigenvalue weighted by atomic mass is 79.9. The predicted octanol–water partition coefficient (Wildman–Crippen LogP) is 4.47. The third-order valence-corrected chi connectivity index (χ3v) is 4.18. The van der Waals surface area contributed by atoms with Gasteiger partial charge in [0.05, 0.1) is 28.8 Å². The quantitative estimate of drug-likeness (QED) is 0.384. The van der Waals surface area contributed by atoms with Crippen molar-refractivity contribution in [2.75, 3.05) is 19.0 Å². The molecule has 0 unspecified atom stereocenters. The zero-order valence-electron chi connectivity index (χ0n) is 14.5. The Morgan fingerprint density at radius 1 is 1.23 bits per heavy atom. The number of benzene rings is 2. The maximum Gasteiger partial charge on any atom is 0.271 e. The third kappa shape index (κ3) is 5.45. The first-order valence-electron chi connectivity index (χ1n) is 7.92. The number of nitrogens with one attached hydrogen (secondary N) is 1. The van der Waals surface area contributed by atoms with Crippen LogP contribution in [0.3, 0.4) is 0 Å². The standard InChI is InChI=1S/C18H19BrN2O5/c1-12-5-7-16(14(19)10-12)26-9-3-4-18(22)20-15-11-13(21(23)24)6-8-17(15)25-2/h5-8,10-11H,3-4,9H2,1-2H3,(H,20,22). The van der Waals surface area contributed by atoms with E-state index in [1.165, 1.54) is 25.3 Å². The lowest BCUT2D eigenvalue weighted by Crippen LogP contribution is -2.13. The first kappa shape index (κ1) is 19.7. The summed E-state index contributed by atoms with van der Waals surface area (Å²) >= 11 is 3.43. The van der Waals surface area contributed by atoms with Gasteiger partial charge in [0.1, 0.15) is 11.5 Å². The summed E-state index contributed by atoms with van der Waals surface area (Å²) in [4.78, 5) is 22.4. The van der Waals surface area contributed by atoms with E-state index in [1.807, 2.05) is 25.1 Å². The molecule has 7 nitrogen and oxygen atoms in total. The number of nitro groups is 1. The lowest BCUT2D eigenvalue weighted by molar-refractivity contribution is -0.384. The van der Waals surface area contributed by atoms with Crippen molar-refractivity contribution in [3.8, 4) is 11.5 Å². The van der Waals surface area contributed by atoms with E-state index in [9.17, 15) is 14.9 Å². The molecule has 8 heteroatoms. The molecule has 0 aliphatic carbocycles. The highest BCUT2D eigenvalue weighted by Gasteiger charge is 2.13. The highest BCUT2D eigenvalue weighted by molar-refractivity contribution is 9.10. The Hall–Kier alpha value is -2.61. The number of ether oxygens (including phenoxy) is 2. The first-order valence-corrected chi connectivity index (χ1v) is 8.71. The van der Waals surface area contributed by atoms with Crippen LogP contribution in [0.25, 0.3) is 0 Å². The maximum atomic E-state index is 12.1. The summed E-state index contributed by atoms with van der Waals surface area (Å²) in [6, 6.07) is 9.82. The molecule has 0 fully saturated rings. The van der Waals surface area contributed by atoms with E-state index in [0.717, 1.165) is 15.8 Å². The number of hydrogen-bond acceptors (Lipinski definition) is 5. The Morgan fingerprint density at radius 3 is 2.62 bits per heavy atom. The van der Waals surface area contributed by atoms with Crippen molar-refractivity contribution in [1.82, 2.24) is 0 Å². The molecule has 0 spiro atoms. The minimum Gasteiger partial charge on any atom is -0.495 e. The monoisotopic (exact) mass is 422 g/mol. The van der Waals surface area contributed by atoms with Gasteiger partial charge in [-0.05, 0) is 53.0 Å². The molecule has 1 N–H and O–H groups in total. The third-order valence-electron chi connectivity index (χ3n) is 3.56. The zero-order valence-corrected chi connectivity index (χ0v) is 16.0. The molecule has 2 aromatic rings. The normalized spacial score (nSPS) is 10.3. The summed E-state index contributed by atoms with van der Waals surface area (Å²) in [5.41, 5.74) is 1.28. The summed E-state index contributed by atoms with van der Waals surface area (Å²) in [5.74, 6) is 0.815. The van der Waals surface area contributed by atoms with E-state index in [-0.39, 0.29) is 23.7 Å². The average molecular weight is 423 g/mol. The van der Waals surface area contributed by atoms with Crippen LogP contribution in [-0.4, -0.2) is 24.5 Å². The lowest BCUT2D eigenvalue weighted by atomic mass is 10.2. The molecule has 1 amide bonds. The number of amides is 1. The summed E-state index contributed by atoms with van der Waals surface area (Å²) in [7, 11) is 1.43. The molecule has 0 atom stereocenters. The van der Waals surface area contributed by atoms with Crippen molar-refractivity contribution in [3.05, 3.63) is 56.5 Å². The van der Waals surface area contributed by atoms with Gasteiger partial charge in [-0.15, -0.1) is 0 Å². The Kier molecular flexibility index (Phi) is 6.97. The van der Waals surface area contributed by atoms with Crippen LogP contribution in [0.15, 0.2) is 40.9 Å². The van der Waals surface area contributed by atoms with Gasteiger partial charge >= 0.3 is 0 Å². The van der Waals surface area contributed by atoms with E-state index in [1.54, 1.807) is 0 Å². The van der Waals surface area contributed by atoms with Gasteiger partial charge in [0.2, 0.25) is 5.91 Å². The van der Waals surface area contributed by atoms with Crippen LogP contribution in [0.4, 0.5) is 11.4 Å². The number of anilines is 1. The fraction of sp³-hybridized carbons (Fsp3) is 0.278. The zero-order chi connectivity index (χ0) is 19.1. The Balaban J connectivity index is 1.87. The van der Waals surface area contributed by atoms with Crippen molar-refractivity contribution in [1.29, 1.82) is 0 Å². The summed E-state index contributed by atoms with van der Waals surface area (Å²) < 4.78 is 11.6. The van der Waals surface area contributed by atoms with Gasteiger partial charge in [0.15, 0.2) is 0 Å². The second-order valence-electron chi connectivity index (χ2n) is 5.58. The molecule has 0 saturated heterocycles. The Morgan fingerprint density at radius 2 is 1.96 bits per heavy atom. The van der Waals surface area contributed by atoms with Crippen LogP contribution < -0.4 is 14.8 Å². The number of carbonyl (C=O) groups excluding carboxylic acids is 1. The van der Waals surface area contributed by atoms with Gasteiger partial charge in [0, 0.05) is 18.6 Å². The minimum atomic E-state index is -0.525. The fourth-order valence-electron chi connectivity index (χ4n) is 2.26. The minimum absolute atomic E-state index is 0.117. The van der Waals surface area contributed by atoms with Gasteiger partial charge in [-0.1, -0.05) is 6.07 Å². The molecule has 0 aromatic heterocycles. The number of carbonyl (C=O) groups is 1. The molecule has 26 heavy (non-hydrogen) atoms. The Labute approximate surface area is 159 Å². The largest absolute Gasteiger partial charge is 0.495 e. The molecule has 0 saturated carbocycles. The molecule has 2 aromatic carbocycles. The van der Waals surface area contributed by atoms with Crippen molar-refractivity contribution in [3.63, 3.8) is 0 Å².